The van der Waals surface area contributed by atoms with Crippen molar-refractivity contribution >= 4 is 11.6 Å². The van der Waals surface area contributed by atoms with Gasteiger partial charge in [-0.25, -0.2) is 0 Å². The van der Waals surface area contributed by atoms with E-state index in [0.717, 1.165) is 39.0 Å². The maximum Gasteiger partial charge on any atom is 0.278 e. The number of nitrogens with zero attached hydrogens (tertiary/aromatic N) is 1. The Morgan fingerprint density at radius 3 is 2.50 bits per heavy atom. The van der Waals surface area contributed by atoms with Crippen LogP contribution in [-0.2, 0) is 4.79 Å². The van der Waals surface area contributed by atoms with Gasteiger partial charge in [0.2, 0.25) is 0 Å². The minimum Gasteiger partial charge on any atom is -0.360 e. The summed E-state index contributed by atoms with van der Waals surface area (Å²) in [4.78, 5) is 15.9. The van der Waals surface area contributed by atoms with E-state index in [2.05, 4.69) is 47.5 Å². The quantitative estimate of drug-likeness (QED) is 0.814. The number of para-hydroxylation sites is 1. The molecule has 0 bridgehead atoms. The number of carbonyl (C=O) groups excluding carboxylic acids is 1. The van der Waals surface area contributed by atoms with Crippen molar-refractivity contribution in [1.29, 1.82) is 0 Å². The van der Waals surface area contributed by atoms with E-state index < -0.39 is 0 Å². The van der Waals surface area contributed by atoms with Crippen LogP contribution in [0.5, 0.6) is 0 Å². The van der Waals surface area contributed by atoms with E-state index in [1.165, 1.54) is 10.6 Å². The van der Waals surface area contributed by atoms with Crippen molar-refractivity contribution in [1.82, 2.24) is 5.32 Å². The molecule has 20 heavy (non-hydrogen) atoms. The number of benzene rings is 1. The van der Waals surface area contributed by atoms with Gasteiger partial charge in [0.25, 0.3) is 5.91 Å². The lowest BCUT2D eigenvalue weighted by Crippen LogP contribution is -3.19. The number of hydrogen-bond acceptors (Lipinski definition) is 2. The Hall–Kier alpha value is -1.55. The summed E-state index contributed by atoms with van der Waals surface area (Å²) in [5.74, 6) is 0.232. The number of amides is 1. The minimum atomic E-state index is 0.0773. The zero-order chi connectivity index (χ0) is 13.9. The van der Waals surface area contributed by atoms with Crippen LogP contribution in [0.1, 0.15) is 19.8 Å². The largest absolute Gasteiger partial charge is 0.360 e. The van der Waals surface area contributed by atoms with Crippen LogP contribution in [-0.4, -0.2) is 44.2 Å². The number of anilines is 1. The smallest absolute Gasteiger partial charge is 0.278 e. The van der Waals surface area contributed by atoms with Gasteiger partial charge >= 0.3 is 0 Å². The molecule has 1 aliphatic heterocycles. The molecule has 4 heteroatoms. The highest BCUT2D eigenvalue weighted by atomic mass is 16.2. The Balaban J connectivity index is 1.51. The zero-order valence-electron chi connectivity index (χ0n) is 12.1. The first kappa shape index (κ1) is 13.4. The van der Waals surface area contributed by atoms with Crippen molar-refractivity contribution in [3.8, 4) is 0 Å². The number of piperazine rings is 1. The average molecular weight is 274 g/mol. The SMILES string of the molecule is C[C@@H](C(=O)NC1CC1)[NH+]1CCN(c2ccccc2)CC1. The normalized spacial score (nSPS) is 21.6. The van der Waals surface area contributed by atoms with Gasteiger partial charge in [0, 0.05) is 11.7 Å². The molecule has 0 radical (unpaired) electrons. The standard InChI is InChI=1S/C16H23N3O/c1-13(16(20)17-14-7-8-14)18-9-11-19(12-10-18)15-5-3-2-4-6-15/h2-6,13-14H,7-12H2,1H3,(H,17,20)/p+1/t13-/m0/s1. The first-order valence-corrected chi connectivity index (χ1v) is 7.69. The van der Waals surface area contributed by atoms with Crippen LogP contribution in [0.25, 0.3) is 0 Å². The molecule has 3 rings (SSSR count). The first-order valence-electron chi connectivity index (χ1n) is 7.69. The molecule has 1 amide bonds. The van der Waals surface area contributed by atoms with Crippen molar-refractivity contribution in [2.45, 2.75) is 31.8 Å². The van der Waals surface area contributed by atoms with E-state index in [1.54, 1.807) is 0 Å². The Morgan fingerprint density at radius 2 is 1.90 bits per heavy atom. The van der Waals surface area contributed by atoms with Crippen molar-refractivity contribution in [2.75, 3.05) is 31.1 Å². The summed E-state index contributed by atoms with van der Waals surface area (Å²) in [6.45, 7) is 6.19. The third kappa shape index (κ3) is 3.12. The highest BCUT2D eigenvalue weighted by molar-refractivity contribution is 5.80. The zero-order valence-corrected chi connectivity index (χ0v) is 12.1. The highest BCUT2D eigenvalue weighted by Crippen LogP contribution is 2.18. The fourth-order valence-electron chi connectivity index (χ4n) is 2.86. The van der Waals surface area contributed by atoms with Crippen LogP contribution in [0.4, 0.5) is 5.69 Å². The van der Waals surface area contributed by atoms with Crippen LogP contribution >= 0.6 is 0 Å². The summed E-state index contributed by atoms with van der Waals surface area (Å²) < 4.78 is 0. The predicted octanol–water partition coefficient (Wildman–Crippen LogP) is 0.0586. The summed E-state index contributed by atoms with van der Waals surface area (Å²) in [6, 6.07) is 11.1. The third-order valence-electron chi connectivity index (χ3n) is 4.46. The van der Waals surface area contributed by atoms with Crippen LogP contribution in [0.15, 0.2) is 30.3 Å². The molecule has 0 spiro atoms. The van der Waals surface area contributed by atoms with Gasteiger partial charge in [0.1, 0.15) is 0 Å². The lowest BCUT2D eigenvalue weighted by atomic mass is 10.2. The van der Waals surface area contributed by atoms with E-state index in [-0.39, 0.29) is 11.9 Å². The molecule has 1 saturated carbocycles. The van der Waals surface area contributed by atoms with Crippen molar-refractivity contribution in [3.63, 3.8) is 0 Å². The second kappa shape index (κ2) is 5.83. The van der Waals surface area contributed by atoms with E-state index >= 15 is 0 Å². The van der Waals surface area contributed by atoms with Gasteiger partial charge in [0.05, 0.1) is 26.2 Å². The number of carbonyl (C=O) groups is 1. The maximum absolute atomic E-state index is 12.1. The van der Waals surface area contributed by atoms with E-state index in [1.807, 2.05) is 0 Å². The van der Waals surface area contributed by atoms with E-state index in [0.29, 0.717) is 6.04 Å². The van der Waals surface area contributed by atoms with Gasteiger partial charge < -0.3 is 15.1 Å². The molecule has 1 heterocycles. The van der Waals surface area contributed by atoms with Crippen LogP contribution in [0, 0.1) is 0 Å². The van der Waals surface area contributed by atoms with E-state index in [4.69, 9.17) is 0 Å². The van der Waals surface area contributed by atoms with Crippen LogP contribution in [0.2, 0.25) is 0 Å². The molecule has 2 fully saturated rings. The Labute approximate surface area is 120 Å². The second-order valence-corrected chi connectivity index (χ2v) is 5.99. The second-order valence-electron chi connectivity index (χ2n) is 5.99. The van der Waals surface area contributed by atoms with Gasteiger partial charge in [-0.2, -0.15) is 0 Å². The average Bonchev–Trinajstić information content (AvgIpc) is 3.31. The summed E-state index contributed by atoms with van der Waals surface area (Å²) in [7, 11) is 0. The molecule has 1 atom stereocenters. The number of rotatable bonds is 4. The highest BCUT2D eigenvalue weighted by Gasteiger charge is 2.32. The molecule has 1 aliphatic carbocycles. The molecule has 1 aromatic rings. The molecule has 4 nitrogen and oxygen atoms in total. The molecular formula is C16H24N3O+. The van der Waals surface area contributed by atoms with Gasteiger partial charge in [-0.05, 0) is 31.9 Å². The summed E-state index contributed by atoms with van der Waals surface area (Å²) in [5.41, 5.74) is 1.29. The molecule has 2 N–H and O–H groups in total. The molecule has 0 unspecified atom stereocenters. The van der Waals surface area contributed by atoms with Crippen LogP contribution < -0.4 is 15.1 Å². The van der Waals surface area contributed by atoms with Crippen molar-refractivity contribution < 1.29 is 9.69 Å². The maximum atomic E-state index is 12.1. The Kier molecular flexibility index (Phi) is 3.92. The fraction of sp³-hybridized carbons (Fsp3) is 0.562. The topological polar surface area (TPSA) is 36.8 Å². The Morgan fingerprint density at radius 1 is 1.25 bits per heavy atom. The predicted molar refractivity (Wildman–Crippen MR) is 80.0 cm³/mol. The molecule has 2 aliphatic rings. The number of quaternary nitrogens is 1. The third-order valence-corrected chi connectivity index (χ3v) is 4.46. The number of hydrogen-bond donors (Lipinski definition) is 2. The lowest BCUT2D eigenvalue weighted by molar-refractivity contribution is -0.914. The monoisotopic (exact) mass is 274 g/mol. The summed E-state index contributed by atoms with van der Waals surface area (Å²) >= 11 is 0. The Bertz CT molecular complexity index is 450. The molecule has 0 aromatic heterocycles. The summed E-state index contributed by atoms with van der Waals surface area (Å²) in [6.07, 6.45) is 2.32. The molecular weight excluding hydrogens is 250 g/mol. The molecule has 1 saturated heterocycles. The van der Waals surface area contributed by atoms with Gasteiger partial charge in [-0.3, -0.25) is 4.79 Å². The molecule has 1 aromatic carbocycles. The van der Waals surface area contributed by atoms with E-state index in [9.17, 15) is 4.79 Å². The van der Waals surface area contributed by atoms with Gasteiger partial charge in [-0.1, -0.05) is 18.2 Å². The minimum absolute atomic E-state index is 0.0773. The van der Waals surface area contributed by atoms with Crippen molar-refractivity contribution in [2.24, 2.45) is 0 Å². The van der Waals surface area contributed by atoms with Gasteiger partial charge in [-0.15, -0.1) is 0 Å². The lowest BCUT2D eigenvalue weighted by Gasteiger charge is -2.36. The first-order chi connectivity index (χ1) is 9.74. The fourth-order valence-corrected chi connectivity index (χ4v) is 2.86. The van der Waals surface area contributed by atoms with Crippen LogP contribution in [0.3, 0.4) is 0 Å². The molecule has 108 valence electrons. The van der Waals surface area contributed by atoms with Crippen molar-refractivity contribution in [3.05, 3.63) is 30.3 Å². The van der Waals surface area contributed by atoms with Gasteiger partial charge in [0.15, 0.2) is 6.04 Å². The summed E-state index contributed by atoms with van der Waals surface area (Å²) in [5, 5.41) is 3.12. The number of nitrogens with one attached hydrogen (secondary N) is 2.